The number of aryl methyl sites for hydroxylation is 1. The normalized spacial score (nSPS) is 14.8. The highest BCUT2D eigenvalue weighted by Gasteiger charge is 2.29. The molecule has 0 heterocycles. The zero-order valence-corrected chi connectivity index (χ0v) is 12.7. The van der Waals surface area contributed by atoms with Gasteiger partial charge in [0.05, 0.1) is 6.61 Å². The maximum atomic E-state index is 11.9. The van der Waals surface area contributed by atoms with Crippen LogP contribution in [-0.4, -0.2) is 24.8 Å². The van der Waals surface area contributed by atoms with Crippen LogP contribution in [0, 0.1) is 6.92 Å². The molecule has 0 saturated heterocycles. The monoisotopic (exact) mass is 278 g/mol. The standard InChI is InChI=1S/C16H22O4/c1-6-12(3)15(18)20-14-9-11(2)7-8-13(14)16(4,10-17)19-5/h6-9,17H,10H2,1-5H3. The zero-order chi connectivity index (χ0) is 15.3. The van der Waals surface area contributed by atoms with E-state index in [0.717, 1.165) is 5.56 Å². The van der Waals surface area contributed by atoms with E-state index in [1.807, 2.05) is 19.1 Å². The van der Waals surface area contributed by atoms with Gasteiger partial charge in [-0.1, -0.05) is 18.2 Å². The molecule has 1 atom stereocenters. The predicted octanol–water partition coefficient (Wildman–Crippen LogP) is 2.72. The summed E-state index contributed by atoms with van der Waals surface area (Å²) in [4.78, 5) is 11.9. The van der Waals surface area contributed by atoms with Gasteiger partial charge in [0.1, 0.15) is 11.4 Å². The lowest BCUT2D eigenvalue weighted by Gasteiger charge is -2.28. The minimum Gasteiger partial charge on any atom is -0.423 e. The Morgan fingerprint density at radius 1 is 1.45 bits per heavy atom. The second-order valence-corrected chi connectivity index (χ2v) is 4.95. The molecular weight excluding hydrogens is 256 g/mol. The Morgan fingerprint density at radius 3 is 2.60 bits per heavy atom. The van der Waals surface area contributed by atoms with E-state index in [1.54, 1.807) is 32.9 Å². The Labute approximate surface area is 120 Å². The molecule has 0 aromatic heterocycles. The van der Waals surface area contributed by atoms with Crippen LogP contribution in [-0.2, 0) is 15.1 Å². The van der Waals surface area contributed by atoms with Crippen LogP contribution < -0.4 is 4.74 Å². The Bertz CT molecular complexity index is 513. The molecule has 1 rings (SSSR count). The van der Waals surface area contributed by atoms with Crippen molar-refractivity contribution >= 4 is 5.97 Å². The van der Waals surface area contributed by atoms with Gasteiger partial charge in [0.15, 0.2) is 0 Å². The van der Waals surface area contributed by atoms with Crippen LogP contribution in [0.25, 0.3) is 0 Å². The number of hydrogen-bond acceptors (Lipinski definition) is 4. The summed E-state index contributed by atoms with van der Waals surface area (Å²) in [5.74, 6) is 0.00495. The molecule has 0 bridgehead atoms. The summed E-state index contributed by atoms with van der Waals surface area (Å²) < 4.78 is 10.8. The van der Waals surface area contributed by atoms with Gasteiger partial charge < -0.3 is 14.6 Å². The van der Waals surface area contributed by atoms with Crippen LogP contribution in [0.15, 0.2) is 29.8 Å². The zero-order valence-electron chi connectivity index (χ0n) is 12.7. The van der Waals surface area contributed by atoms with E-state index in [4.69, 9.17) is 9.47 Å². The maximum absolute atomic E-state index is 11.9. The molecule has 1 N–H and O–H groups in total. The first-order chi connectivity index (χ1) is 9.37. The van der Waals surface area contributed by atoms with E-state index in [2.05, 4.69) is 0 Å². The van der Waals surface area contributed by atoms with Crippen molar-refractivity contribution in [3.05, 3.63) is 41.0 Å². The number of aliphatic hydroxyl groups excluding tert-OH is 1. The average molecular weight is 278 g/mol. The smallest absolute Gasteiger partial charge is 0.338 e. The molecule has 0 saturated carbocycles. The summed E-state index contributed by atoms with van der Waals surface area (Å²) in [5, 5.41) is 9.55. The van der Waals surface area contributed by atoms with E-state index in [0.29, 0.717) is 16.9 Å². The van der Waals surface area contributed by atoms with Gasteiger partial charge >= 0.3 is 5.97 Å². The van der Waals surface area contributed by atoms with E-state index in [-0.39, 0.29) is 6.61 Å². The lowest BCUT2D eigenvalue weighted by Crippen LogP contribution is -2.30. The van der Waals surface area contributed by atoms with Gasteiger partial charge in [-0.15, -0.1) is 0 Å². The third kappa shape index (κ3) is 3.46. The van der Waals surface area contributed by atoms with Crippen LogP contribution >= 0.6 is 0 Å². The number of ether oxygens (including phenoxy) is 2. The van der Waals surface area contributed by atoms with Crippen molar-refractivity contribution in [3.63, 3.8) is 0 Å². The molecule has 1 aromatic carbocycles. The first kappa shape index (κ1) is 16.4. The number of carbonyl (C=O) groups excluding carboxylic acids is 1. The Hall–Kier alpha value is -1.65. The summed E-state index contributed by atoms with van der Waals surface area (Å²) in [5.41, 5.74) is 1.23. The summed E-state index contributed by atoms with van der Waals surface area (Å²) in [6, 6.07) is 5.47. The summed E-state index contributed by atoms with van der Waals surface area (Å²) in [6.45, 7) is 6.92. The minimum absolute atomic E-state index is 0.209. The van der Waals surface area contributed by atoms with Crippen molar-refractivity contribution in [2.45, 2.75) is 33.3 Å². The van der Waals surface area contributed by atoms with E-state index >= 15 is 0 Å². The SMILES string of the molecule is CC=C(C)C(=O)Oc1cc(C)ccc1C(C)(CO)OC. The highest BCUT2D eigenvalue weighted by molar-refractivity contribution is 5.89. The number of hydrogen-bond donors (Lipinski definition) is 1. The topological polar surface area (TPSA) is 55.8 Å². The molecule has 0 spiro atoms. The van der Waals surface area contributed by atoms with E-state index < -0.39 is 11.6 Å². The molecule has 0 aliphatic heterocycles. The summed E-state index contributed by atoms with van der Waals surface area (Å²) in [7, 11) is 1.51. The Balaban J connectivity index is 3.24. The lowest BCUT2D eigenvalue weighted by molar-refractivity contribution is -0.130. The maximum Gasteiger partial charge on any atom is 0.338 e. The molecule has 0 aliphatic rings. The molecule has 0 fully saturated rings. The van der Waals surface area contributed by atoms with Crippen molar-refractivity contribution in [3.8, 4) is 5.75 Å². The van der Waals surface area contributed by atoms with Gasteiger partial charge in [-0.2, -0.15) is 0 Å². The van der Waals surface area contributed by atoms with Crippen molar-refractivity contribution in [2.24, 2.45) is 0 Å². The van der Waals surface area contributed by atoms with Crippen molar-refractivity contribution in [1.82, 2.24) is 0 Å². The second kappa shape index (κ2) is 6.68. The number of allylic oxidation sites excluding steroid dienone is 1. The van der Waals surface area contributed by atoms with Gasteiger partial charge in [-0.05, 0) is 39.3 Å². The van der Waals surface area contributed by atoms with Crippen molar-refractivity contribution in [2.75, 3.05) is 13.7 Å². The number of carbonyl (C=O) groups is 1. The molecule has 0 radical (unpaired) electrons. The third-order valence-corrected chi connectivity index (χ3v) is 3.42. The van der Waals surface area contributed by atoms with Gasteiger partial charge in [0.2, 0.25) is 0 Å². The highest BCUT2D eigenvalue weighted by Crippen LogP contribution is 2.33. The number of aliphatic hydroxyl groups is 1. The van der Waals surface area contributed by atoms with Crippen LogP contribution in [0.5, 0.6) is 5.75 Å². The van der Waals surface area contributed by atoms with Crippen molar-refractivity contribution < 1.29 is 19.4 Å². The largest absolute Gasteiger partial charge is 0.423 e. The molecule has 0 aliphatic carbocycles. The number of benzene rings is 1. The average Bonchev–Trinajstić information content (AvgIpc) is 2.45. The fourth-order valence-electron chi connectivity index (χ4n) is 1.71. The van der Waals surface area contributed by atoms with Crippen LogP contribution in [0.3, 0.4) is 0 Å². The number of rotatable bonds is 5. The Morgan fingerprint density at radius 2 is 2.10 bits per heavy atom. The molecule has 1 aromatic rings. The fraction of sp³-hybridized carbons (Fsp3) is 0.438. The third-order valence-electron chi connectivity index (χ3n) is 3.42. The summed E-state index contributed by atoms with van der Waals surface area (Å²) >= 11 is 0. The van der Waals surface area contributed by atoms with Gasteiger partial charge in [-0.25, -0.2) is 4.79 Å². The van der Waals surface area contributed by atoms with Gasteiger partial charge in [0.25, 0.3) is 0 Å². The molecule has 110 valence electrons. The molecular formula is C16H22O4. The Kier molecular flexibility index (Phi) is 5.48. The quantitative estimate of drug-likeness (QED) is 0.511. The first-order valence-electron chi connectivity index (χ1n) is 6.50. The molecule has 4 heteroatoms. The fourth-order valence-corrected chi connectivity index (χ4v) is 1.71. The predicted molar refractivity (Wildman–Crippen MR) is 77.7 cm³/mol. The first-order valence-corrected chi connectivity index (χ1v) is 6.50. The molecule has 0 amide bonds. The molecule has 4 nitrogen and oxygen atoms in total. The van der Waals surface area contributed by atoms with E-state index in [1.165, 1.54) is 7.11 Å². The molecule has 1 unspecified atom stereocenters. The lowest BCUT2D eigenvalue weighted by atomic mass is 9.94. The second-order valence-electron chi connectivity index (χ2n) is 4.95. The summed E-state index contributed by atoms with van der Waals surface area (Å²) in [6.07, 6.45) is 1.69. The van der Waals surface area contributed by atoms with Crippen LogP contribution in [0.2, 0.25) is 0 Å². The van der Waals surface area contributed by atoms with E-state index in [9.17, 15) is 9.90 Å². The van der Waals surface area contributed by atoms with Gasteiger partial charge in [-0.3, -0.25) is 0 Å². The minimum atomic E-state index is -0.910. The van der Waals surface area contributed by atoms with Gasteiger partial charge in [0, 0.05) is 18.2 Å². The van der Waals surface area contributed by atoms with Crippen LogP contribution in [0.1, 0.15) is 31.9 Å². The highest BCUT2D eigenvalue weighted by atomic mass is 16.5. The van der Waals surface area contributed by atoms with Crippen molar-refractivity contribution in [1.29, 1.82) is 0 Å². The number of methoxy groups -OCH3 is 1. The van der Waals surface area contributed by atoms with Crippen LogP contribution in [0.4, 0.5) is 0 Å². The number of esters is 1. The molecule has 20 heavy (non-hydrogen) atoms.